The zero-order chi connectivity index (χ0) is 10.1. The lowest BCUT2D eigenvalue weighted by atomic mass is 10.2. The van der Waals surface area contributed by atoms with Crippen LogP contribution in [0, 0.1) is 6.92 Å². The average Bonchev–Trinajstić information content (AvgIpc) is 2.02. The molecule has 0 bridgehead atoms. The van der Waals surface area contributed by atoms with Crippen molar-refractivity contribution >= 4 is 23.1 Å². The van der Waals surface area contributed by atoms with Crippen molar-refractivity contribution in [3.05, 3.63) is 23.8 Å². The molecule has 0 saturated carbocycles. The predicted octanol–water partition coefficient (Wildman–Crippen LogP) is 2.09. The van der Waals surface area contributed by atoms with E-state index in [0.29, 0.717) is 5.75 Å². The molecule has 0 radical (unpaired) electrons. The Bertz CT molecular complexity index is 411. The van der Waals surface area contributed by atoms with E-state index in [2.05, 4.69) is 14.8 Å². The first-order chi connectivity index (χ1) is 5.95. The van der Waals surface area contributed by atoms with E-state index in [1.165, 1.54) is 6.07 Å². The van der Waals surface area contributed by atoms with Crippen molar-refractivity contribution in [2.45, 2.75) is 11.8 Å². The molecule has 0 unspecified atom stereocenters. The number of rotatable bonds is 2. The zero-order valence-electron chi connectivity index (χ0n) is 7.24. The maximum absolute atomic E-state index is 11.1. The highest BCUT2D eigenvalue weighted by molar-refractivity contribution is 9.47. The van der Waals surface area contributed by atoms with E-state index in [-0.39, 0.29) is 4.90 Å². The number of methoxy groups -OCH3 is 1. The number of hydrogen-bond acceptors (Lipinski definition) is 3. The first-order valence-electron chi connectivity index (χ1n) is 3.54. The fraction of sp³-hybridized carbons (Fsp3) is 0.250. The summed E-state index contributed by atoms with van der Waals surface area (Å²) < 4.78 is 27.1. The van der Waals surface area contributed by atoms with Gasteiger partial charge in [0.05, 0.1) is 26.8 Å². The van der Waals surface area contributed by atoms with Gasteiger partial charge in [-0.15, -0.1) is 0 Å². The van der Waals surface area contributed by atoms with E-state index < -0.39 is 8.27 Å². The van der Waals surface area contributed by atoms with Gasteiger partial charge in [0, 0.05) is 0 Å². The van der Waals surface area contributed by atoms with Gasteiger partial charge in [-0.1, -0.05) is 0 Å². The lowest BCUT2D eigenvalue weighted by Gasteiger charge is -2.04. The molecule has 0 aromatic heterocycles. The second-order valence-corrected chi connectivity index (χ2v) is 6.47. The molecule has 5 heteroatoms. The Morgan fingerprint density at radius 2 is 2.00 bits per heavy atom. The van der Waals surface area contributed by atoms with Gasteiger partial charge in [0.1, 0.15) is 5.75 Å². The van der Waals surface area contributed by atoms with Gasteiger partial charge in [0.25, 0.3) is 0 Å². The molecule has 13 heavy (non-hydrogen) atoms. The third kappa shape index (κ3) is 2.45. The standard InChI is InChI=1S/C8H9BrO3S/c1-6-5-7(13(9,10)11)3-4-8(6)12-2/h3-5H,1-2H3. The summed E-state index contributed by atoms with van der Waals surface area (Å²) in [7, 11) is -1.75. The van der Waals surface area contributed by atoms with Crippen LogP contribution in [0.5, 0.6) is 5.75 Å². The van der Waals surface area contributed by atoms with Gasteiger partial charge in [0.2, 0.25) is 8.27 Å². The van der Waals surface area contributed by atoms with Crippen molar-refractivity contribution in [2.24, 2.45) is 0 Å². The largest absolute Gasteiger partial charge is 0.496 e. The Hall–Kier alpha value is -0.550. The summed E-state index contributed by atoms with van der Waals surface area (Å²) in [6.07, 6.45) is 0. The van der Waals surface area contributed by atoms with E-state index in [0.717, 1.165) is 5.56 Å². The molecule has 0 heterocycles. The molecular weight excluding hydrogens is 256 g/mol. The average molecular weight is 265 g/mol. The topological polar surface area (TPSA) is 43.4 Å². The van der Waals surface area contributed by atoms with Crippen LogP contribution in [0.15, 0.2) is 23.1 Å². The van der Waals surface area contributed by atoms with Crippen LogP contribution in [-0.2, 0) is 8.27 Å². The molecule has 0 amide bonds. The summed E-state index contributed by atoms with van der Waals surface area (Å²) in [5, 5.41) is 0. The molecule has 0 aliphatic heterocycles. The minimum Gasteiger partial charge on any atom is -0.496 e. The summed E-state index contributed by atoms with van der Waals surface area (Å²) in [4.78, 5) is 0.241. The predicted molar refractivity (Wildman–Crippen MR) is 53.8 cm³/mol. The van der Waals surface area contributed by atoms with Crippen LogP contribution in [0.1, 0.15) is 5.56 Å². The van der Waals surface area contributed by atoms with E-state index >= 15 is 0 Å². The second-order valence-electron chi connectivity index (χ2n) is 2.57. The lowest BCUT2D eigenvalue weighted by molar-refractivity contribution is 0.411. The molecular formula is C8H9BrO3S. The molecule has 1 aromatic rings. The molecule has 1 aromatic carbocycles. The Labute approximate surface area is 84.8 Å². The number of ether oxygens (including phenoxy) is 1. The third-order valence-corrected chi connectivity index (χ3v) is 3.59. The smallest absolute Gasteiger partial charge is 0.237 e. The first-order valence-corrected chi connectivity index (χ1v) is 6.87. The minimum atomic E-state index is -3.29. The van der Waals surface area contributed by atoms with Crippen molar-refractivity contribution in [1.82, 2.24) is 0 Å². The molecule has 0 aliphatic rings. The number of halogens is 1. The van der Waals surface area contributed by atoms with Crippen LogP contribution < -0.4 is 4.74 Å². The Morgan fingerprint density at radius 3 is 2.38 bits per heavy atom. The van der Waals surface area contributed by atoms with Gasteiger partial charge in [0.15, 0.2) is 0 Å². The molecule has 3 nitrogen and oxygen atoms in total. The molecule has 0 atom stereocenters. The quantitative estimate of drug-likeness (QED) is 0.769. The Kier molecular flexibility index (Phi) is 2.98. The molecule has 1 rings (SSSR count). The van der Waals surface area contributed by atoms with Crippen LogP contribution in [0.3, 0.4) is 0 Å². The van der Waals surface area contributed by atoms with E-state index in [4.69, 9.17) is 4.74 Å². The summed E-state index contributed by atoms with van der Waals surface area (Å²) in [6, 6.07) is 4.68. The van der Waals surface area contributed by atoms with Gasteiger partial charge in [-0.25, -0.2) is 8.42 Å². The van der Waals surface area contributed by atoms with Crippen LogP contribution in [0.4, 0.5) is 0 Å². The van der Waals surface area contributed by atoms with Crippen molar-refractivity contribution in [2.75, 3.05) is 7.11 Å². The summed E-state index contributed by atoms with van der Waals surface area (Å²) in [5.41, 5.74) is 0.794. The fourth-order valence-electron chi connectivity index (χ4n) is 1.00. The van der Waals surface area contributed by atoms with Gasteiger partial charge >= 0.3 is 0 Å². The van der Waals surface area contributed by atoms with Crippen LogP contribution in [-0.4, -0.2) is 15.5 Å². The van der Waals surface area contributed by atoms with Crippen LogP contribution in [0.2, 0.25) is 0 Å². The highest BCUT2D eigenvalue weighted by Crippen LogP contribution is 2.24. The normalized spacial score (nSPS) is 11.3. The Morgan fingerprint density at radius 1 is 1.38 bits per heavy atom. The number of benzene rings is 1. The van der Waals surface area contributed by atoms with Crippen molar-refractivity contribution in [1.29, 1.82) is 0 Å². The van der Waals surface area contributed by atoms with Crippen LogP contribution in [0.25, 0.3) is 0 Å². The molecule has 0 aliphatic carbocycles. The third-order valence-electron chi connectivity index (χ3n) is 1.65. The van der Waals surface area contributed by atoms with Crippen LogP contribution >= 0.6 is 14.8 Å². The van der Waals surface area contributed by atoms with Gasteiger partial charge in [-0.05, 0) is 30.7 Å². The molecule has 72 valence electrons. The van der Waals surface area contributed by atoms with Crippen molar-refractivity contribution < 1.29 is 13.2 Å². The second kappa shape index (κ2) is 3.67. The molecule has 0 spiro atoms. The summed E-state index contributed by atoms with van der Waals surface area (Å²) in [6.45, 7) is 1.79. The van der Waals surface area contributed by atoms with Gasteiger partial charge in [-0.2, -0.15) is 0 Å². The van der Waals surface area contributed by atoms with Crippen molar-refractivity contribution in [3.8, 4) is 5.75 Å². The van der Waals surface area contributed by atoms with E-state index in [1.54, 1.807) is 26.2 Å². The highest BCUT2D eigenvalue weighted by atomic mass is 79.9. The summed E-state index contributed by atoms with van der Waals surface area (Å²) in [5.74, 6) is 0.680. The Balaban J connectivity index is 3.26. The minimum absolute atomic E-state index is 0.241. The zero-order valence-corrected chi connectivity index (χ0v) is 9.65. The summed E-state index contributed by atoms with van der Waals surface area (Å²) >= 11 is 2.60. The highest BCUT2D eigenvalue weighted by Gasteiger charge is 2.10. The van der Waals surface area contributed by atoms with E-state index in [1.807, 2.05) is 0 Å². The lowest BCUT2D eigenvalue weighted by Crippen LogP contribution is -1.93. The maximum atomic E-state index is 11.1. The molecule has 0 saturated heterocycles. The molecule has 0 N–H and O–H groups in total. The van der Waals surface area contributed by atoms with Gasteiger partial charge < -0.3 is 4.74 Å². The monoisotopic (exact) mass is 264 g/mol. The fourth-order valence-corrected chi connectivity index (χ4v) is 2.15. The number of aryl methyl sites for hydroxylation is 1. The number of hydrogen-bond donors (Lipinski definition) is 0. The van der Waals surface area contributed by atoms with Crippen molar-refractivity contribution in [3.63, 3.8) is 0 Å². The SMILES string of the molecule is COc1ccc(S(=O)(=O)Br)cc1C. The van der Waals surface area contributed by atoms with E-state index in [9.17, 15) is 8.42 Å². The first kappa shape index (κ1) is 10.5. The molecule has 0 fully saturated rings. The van der Waals surface area contributed by atoms with Gasteiger partial charge in [-0.3, -0.25) is 0 Å². The maximum Gasteiger partial charge on any atom is 0.237 e.